The first kappa shape index (κ1) is 53.8. The van der Waals surface area contributed by atoms with Gasteiger partial charge in [0.15, 0.2) is 0 Å². The van der Waals surface area contributed by atoms with Crippen LogP contribution in [0.5, 0.6) is 0 Å². The molecule has 0 spiro atoms. The van der Waals surface area contributed by atoms with Crippen LogP contribution in [0.15, 0.2) is 167 Å². The molecule has 7 aromatic carbocycles. The number of rotatable bonds is 26. The first-order valence-electron chi connectivity index (χ1n) is 28.9. The SMILES string of the molecule is CCCCCCC1(CCCCCC)c2ccccc2-c2ccc(/C(=C\c3ccc(Br)cc3)c3cccc(/C(=C/c4ccc(Br)cc4)c4ccc5c(c4)C(CCCCCC)(CCCCCC)c4ccccc4-5)c3)cc21. The molecule has 0 bridgehead atoms. The van der Waals surface area contributed by atoms with Gasteiger partial charge in [-0.3, -0.25) is 0 Å². The largest absolute Gasteiger partial charge is 0.0654 e. The van der Waals surface area contributed by atoms with Crippen LogP contribution in [-0.4, -0.2) is 0 Å². The van der Waals surface area contributed by atoms with Crippen molar-refractivity contribution in [3.05, 3.63) is 222 Å². The molecule has 0 fully saturated rings. The Bertz CT molecular complexity index is 2790. The van der Waals surface area contributed by atoms with Gasteiger partial charge in [-0.25, -0.2) is 0 Å². The molecule has 0 nitrogen and oxygen atoms in total. The quantitative estimate of drug-likeness (QED) is 0.0374. The van der Waals surface area contributed by atoms with Crippen LogP contribution in [0.25, 0.3) is 45.6 Å². The topological polar surface area (TPSA) is 0 Å². The normalized spacial score (nSPS) is 14.2. The Balaban J connectivity index is 1.20. The fraction of sp³-hybridized carbons (Fsp3) is 0.361. The van der Waals surface area contributed by atoms with Crippen LogP contribution in [0.4, 0.5) is 0 Å². The lowest BCUT2D eigenvalue weighted by Crippen LogP contribution is -2.25. The van der Waals surface area contributed by atoms with Gasteiger partial charge < -0.3 is 0 Å². The van der Waals surface area contributed by atoms with Crippen molar-refractivity contribution in [3.8, 4) is 22.3 Å². The zero-order chi connectivity index (χ0) is 51.3. The summed E-state index contributed by atoms with van der Waals surface area (Å²) < 4.78 is 2.19. The van der Waals surface area contributed by atoms with Crippen LogP contribution in [0.2, 0.25) is 0 Å². The predicted octanol–water partition coefficient (Wildman–Crippen LogP) is 22.8. The van der Waals surface area contributed by atoms with E-state index in [2.05, 4.69) is 229 Å². The third-order valence-corrected chi connectivity index (χ3v) is 17.9. The molecule has 2 aliphatic rings. The Morgan fingerprint density at radius 3 is 1.03 bits per heavy atom. The van der Waals surface area contributed by atoms with E-state index in [-0.39, 0.29) is 10.8 Å². The highest BCUT2D eigenvalue weighted by Crippen LogP contribution is 2.57. The van der Waals surface area contributed by atoms with E-state index in [1.807, 2.05) is 0 Å². The highest BCUT2D eigenvalue weighted by Gasteiger charge is 2.44. The van der Waals surface area contributed by atoms with Crippen molar-refractivity contribution < 1.29 is 0 Å². The molecule has 0 aromatic heterocycles. The molecule has 9 rings (SSSR count). The van der Waals surface area contributed by atoms with E-state index < -0.39 is 0 Å². The smallest absolute Gasteiger partial charge is 0.0215 e. The van der Waals surface area contributed by atoms with E-state index in [4.69, 9.17) is 0 Å². The summed E-state index contributed by atoms with van der Waals surface area (Å²) in [6.45, 7) is 9.34. The molecule has 2 aliphatic carbocycles. The van der Waals surface area contributed by atoms with Gasteiger partial charge in [0, 0.05) is 19.8 Å². The lowest BCUT2D eigenvalue weighted by molar-refractivity contribution is 0.401. The van der Waals surface area contributed by atoms with E-state index in [9.17, 15) is 0 Å². The first-order chi connectivity index (χ1) is 36.3. The number of hydrogen-bond donors (Lipinski definition) is 0. The summed E-state index contributed by atoms with van der Waals surface area (Å²) in [5, 5.41) is 0. The fourth-order valence-electron chi connectivity index (χ4n) is 13.0. The average Bonchev–Trinajstić information content (AvgIpc) is 3.86. The van der Waals surface area contributed by atoms with E-state index in [1.165, 1.54) is 206 Å². The molecular formula is C72H80Br2. The zero-order valence-corrected chi connectivity index (χ0v) is 48.2. The fourth-order valence-corrected chi connectivity index (χ4v) is 13.5. The highest BCUT2D eigenvalue weighted by atomic mass is 79.9. The second-order valence-electron chi connectivity index (χ2n) is 21.8. The van der Waals surface area contributed by atoms with Crippen molar-refractivity contribution in [3.63, 3.8) is 0 Å². The van der Waals surface area contributed by atoms with Gasteiger partial charge >= 0.3 is 0 Å². The zero-order valence-electron chi connectivity index (χ0n) is 45.1. The van der Waals surface area contributed by atoms with Gasteiger partial charge in [-0.15, -0.1) is 0 Å². The lowest BCUT2D eigenvalue weighted by atomic mass is 9.70. The minimum Gasteiger partial charge on any atom is -0.0654 e. The second-order valence-corrected chi connectivity index (χ2v) is 23.7. The number of hydrogen-bond acceptors (Lipinski definition) is 0. The molecule has 0 N–H and O–H groups in total. The molecule has 0 saturated carbocycles. The van der Waals surface area contributed by atoms with Crippen molar-refractivity contribution in [2.45, 2.75) is 167 Å². The lowest BCUT2D eigenvalue weighted by Gasteiger charge is -2.33. The second kappa shape index (κ2) is 25.7. The summed E-state index contributed by atoms with van der Waals surface area (Å²) in [5.74, 6) is 0. The summed E-state index contributed by atoms with van der Waals surface area (Å²) in [7, 11) is 0. The van der Waals surface area contributed by atoms with Crippen LogP contribution in [0.1, 0.15) is 212 Å². The van der Waals surface area contributed by atoms with Crippen LogP contribution in [0.3, 0.4) is 0 Å². The average molecular weight is 1110 g/mol. The van der Waals surface area contributed by atoms with Crippen molar-refractivity contribution in [1.29, 1.82) is 0 Å². The van der Waals surface area contributed by atoms with E-state index in [0.717, 1.165) is 8.95 Å². The molecule has 0 heterocycles. The third kappa shape index (κ3) is 11.8. The Hall–Kier alpha value is -5.02. The minimum absolute atomic E-state index is 0.00300. The van der Waals surface area contributed by atoms with E-state index in [1.54, 1.807) is 11.1 Å². The number of benzene rings is 7. The number of unbranched alkanes of at least 4 members (excludes halogenated alkanes) is 12. The molecule has 0 radical (unpaired) electrons. The van der Waals surface area contributed by atoms with Gasteiger partial charge in [0.25, 0.3) is 0 Å². The van der Waals surface area contributed by atoms with E-state index >= 15 is 0 Å². The monoisotopic (exact) mass is 1100 g/mol. The third-order valence-electron chi connectivity index (χ3n) is 16.8. The van der Waals surface area contributed by atoms with E-state index in [0.29, 0.717) is 0 Å². The van der Waals surface area contributed by atoms with Gasteiger partial charge in [0.2, 0.25) is 0 Å². The van der Waals surface area contributed by atoms with Crippen LogP contribution in [0, 0.1) is 0 Å². The number of halogens is 2. The van der Waals surface area contributed by atoms with Gasteiger partial charge in [-0.2, -0.15) is 0 Å². The maximum atomic E-state index is 3.74. The highest BCUT2D eigenvalue weighted by molar-refractivity contribution is 9.10. The summed E-state index contributed by atoms with van der Waals surface area (Å²) in [4.78, 5) is 0. The van der Waals surface area contributed by atoms with Crippen LogP contribution < -0.4 is 0 Å². The summed E-state index contributed by atoms with van der Waals surface area (Å²) in [6, 6.07) is 61.1. The molecule has 74 heavy (non-hydrogen) atoms. The summed E-state index contributed by atoms with van der Waals surface area (Å²) >= 11 is 7.49. The Morgan fingerprint density at radius 1 is 0.324 bits per heavy atom. The molecule has 382 valence electrons. The molecule has 0 amide bonds. The maximum absolute atomic E-state index is 3.74. The molecule has 0 unspecified atom stereocenters. The molecule has 0 saturated heterocycles. The summed E-state index contributed by atoms with van der Waals surface area (Å²) in [6.07, 6.45) is 30.1. The number of fused-ring (bicyclic) bond motifs is 6. The van der Waals surface area contributed by atoms with Gasteiger partial charge in [0.1, 0.15) is 0 Å². The van der Waals surface area contributed by atoms with Crippen molar-refractivity contribution in [1.82, 2.24) is 0 Å². The predicted molar refractivity (Wildman–Crippen MR) is 329 cm³/mol. The Labute approximate surface area is 463 Å². The van der Waals surface area contributed by atoms with Crippen LogP contribution >= 0.6 is 31.9 Å². The minimum atomic E-state index is 0.00300. The standard InChI is InChI=1S/C72H80Br2/c1-5-9-13-21-44-71(45-22-14-10-6-2)67-30-19-17-28-61(67)63-42-36-57(51-69(63)71)65(48-53-32-38-59(73)39-33-53)55-26-25-27-56(50-55)66(49-54-34-40-60(74)41-35-54)58-37-43-64-62-29-18-20-31-68(62)72(70(64)52-58,46-23-15-11-7-3)47-24-16-12-8-4/h17-20,25-43,48-52H,5-16,21-24,44-47H2,1-4H3/b65-48-,66-49-. The molecule has 0 aliphatic heterocycles. The van der Waals surface area contributed by atoms with Gasteiger partial charge in [-0.05, 0) is 169 Å². The van der Waals surface area contributed by atoms with Crippen molar-refractivity contribution >= 4 is 55.2 Å². The maximum Gasteiger partial charge on any atom is 0.0215 e. The van der Waals surface area contributed by atoms with Crippen molar-refractivity contribution in [2.75, 3.05) is 0 Å². The van der Waals surface area contributed by atoms with Gasteiger partial charge in [-0.1, -0.05) is 278 Å². The van der Waals surface area contributed by atoms with Crippen molar-refractivity contribution in [2.24, 2.45) is 0 Å². The van der Waals surface area contributed by atoms with Gasteiger partial charge in [0.05, 0.1) is 0 Å². The molecule has 2 heteroatoms. The molecular weight excluding hydrogens is 1020 g/mol. The molecule has 7 aromatic rings. The Kier molecular flexibility index (Phi) is 18.7. The first-order valence-corrected chi connectivity index (χ1v) is 30.5. The summed E-state index contributed by atoms with van der Waals surface area (Å²) in [5.41, 5.74) is 21.8. The van der Waals surface area contributed by atoms with Crippen LogP contribution in [-0.2, 0) is 10.8 Å². The molecule has 0 atom stereocenters. The Morgan fingerprint density at radius 2 is 0.662 bits per heavy atom.